The smallest absolute Gasteiger partial charge is 0.379 e. The fourth-order valence-corrected chi connectivity index (χ4v) is 4.88. The molecule has 2 aromatic rings. The quantitative estimate of drug-likeness (QED) is 0.497. The number of nitro groups is 1. The maximum absolute atomic E-state index is 12.8. The zero-order chi connectivity index (χ0) is 21.4. The van der Waals surface area contributed by atoms with Gasteiger partial charge in [0.05, 0.1) is 27.9 Å². The zero-order valence-electron chi connectivity index (χ0n) is 14.8. The lowest BCUT2D eigenvalue weighted by Crippen LogP contribution is -2.40. The first kappa shape index (κ1) is 21.5. The van der Waals surface area contributed by atoms with Crippen molar-refractivity contribution in [1.29, 1.82) is 0 Å². The SMILES string of the molecule is Cn1c(Sc2ccc(S(=O)(=O)N3CCOCC3)cc2[N+](=O)[O-])nnc1C(F)(F)F. The second-order valence-corrected chi connectivity index (χ2v) is 8.82. The Hall–Kier alpha value is -2.23. The topological polar surface area (TPSA) is 120 Å². The standard InChI is InChI=1S/C14H14F3N5O5S2/c1-20-12(14(15,16)17)18-19-13(20)28-11-3-2-9(8-10(11)22(23)24)29(25,26)21-4-6-27-7-5-21/h2-3,8H,4-7H2,1H3. The lowest BCUT2D eigenvalue weighted by molar-refractivity contribution is -0.388. The van der Waals surface area contributed by atoms with E-state index in [2.05, 4.69) is 10.2 Å². The summed E-state index contributed by atoms with van der Waals surface area (Å²) in [5, 5.41) is 17.7. The molecule has 1 aromatic carbocycles. The molecule has 0 saturated carbocycles. The van der Waals surface area contributed by atoms with Crippen LogP contribution in [0.2, 0.25) is 0 Å². The predicted octanol–water partition coefficient (Wildman–Crippen LogP) is 1.91. The summed E-state index contributed by atoms with van der Waals surface area (Å²) >= 11 is 0.580. The molecule has 1 fully saturated rings. The van der Waals surface area contributed by atoms with Gasteiger partial charge in [-0.15, -0.1) is 10.2 Å². The number of sulfonamides is 1. The van der Waals surface area contributed by atoms with Crippen molar-refractivity contribution in [3.8, 4) is 0 Å². The summed E-state index contributed by atoms with van der Waals surface area (Å²) in [5.41, 5.74) is -0.569. The van der Waals surface area contributed by atoms with Crippen LogP contribution >= 0.6 is 11.8 Å². The number of benzene rings is 1. The number of ether oxygens (including phenoxy) is 1. The molecule has 1 saturated heterocycles. The second kappa shape index (κ2) is 7.89. The van der Waals surface area contributed by atoms with Crippen LogP contribution in [0.25, 0.3) is 0 Å². The lowest BCUT2D eigenvalue weighted by atomic mass is 10.3. The van der Waals surface area contributed by atoms with Crippen LogP contribution in [0.3, 0.4) is 0 Å². The van der Waals surface area contributed by atoms with Crippen molar-refractivity contribution < 1.29 is 31.2 Å². The van der Waals surface area contributed by atoms with Crippen molar-refractivity contribution in [3.63, 3.8) is 0 Å². The Morgan fingerprint density at radius 2 is 1.90 bits per heavy atom. The van der Waals surface area contributed by atoms with E-state index < -0.39 is 32.6 Å². The van der Waals surface area contributed by atoms with Gasteiger partial charge in [0.15, 0.2) is 5.16 Å². The van der Waals surface area contributed by atoms with Crippen molar-refractivity contribution >= 4 is 27.5 Å². The van der Waals surface area contributed by atoms with Crippen LogP contribution in [-0.2, 0) is 28.0 Å². The lowest BCUT2D eigenvalue weighted by Gasteiger charge is -2.26. The molecule has 2 heterocycles. The third-order valence-electron chi connectivity index (χ3n) is 4.02. The Morgan fingerprint density at radius 1 is 1.24 bits per heavy atom. The second-order valence-electron chi connectivity index (χ2n) is 5.87. The van der Waals surface area contributed by atoms with Gasteiger partial charge >= 0.3 is 6.18 Å². The molecule has 10 nitrogen and oxygen atoms in total. The molecule has 15 heteroatoms. The van der Waals surface area contributed by atoms with Crippen LogP contribution in [0, 0.1) is 10.1 Å². The van der Waals surface area contributed by atoms with Gasteiger partial charge in [-0.25, -0.2) is 8.42 Å². The number of aromatic nitrogens is 3. The van der Waals surface area contributed by atoms with Crippen LogP contribution in [0.4, 0.5) is 18.9 Å². The van der Waals surface area contributed by atoms with E-state index in [1.54, 1.807) is 0 Å². The average molecular weight is 453 g/mol. The summed E-state index contributed by atoms with van der Waals surface area (Å²) in [4.78, 5) is 10.3. The summed E-state index contributed by atoms with van der Waals surface area (Å²) in [5.74, 6) is -1.26. The van der Waals surface area contributed by atoms with Gasteiger partial charge in [0.2, 0.25) is 15.8 Å². The van der Waals surface area contributed by atoms with Gasteiger partial charge in [-0.05, 0) is 23.9 Å². The van der Waals surface area contributed by atoms with E-state index in [9.17, 15) is 31.7 Å². The normalized spacial score (nSPS) is 16.1. The van der Waals surface area contributed by atoms with Gasteiger partial charge in [0, 0.05) is 26.2 Å². The molecule has 1 aliphatic rings. The summed E-state index contributed by atoms with van der Waals surface area (Å²) in [6, 6.07) is 3.22. The van der Waals surface area contributed by atoms with Crippen LogP contribution in [0.15, 0.2) is 33.1 Å². The maximum Gasteiger partial charge on any atom is 0.451 e. The molecule has 0 unspecified atom stereocenters. The molecule has 0 bridgehead atoms. The van der Waals surface area contributed by atoms with E-state index in [-0.39, 0.29) is 41.3 Å². The van der Waals surface area contributed by atoms with Crippen molar-refractivity contribution in [2.45, 2.75) is 21.1 Å². The van der Waals surface area contributed by atoms with Crippen LogP contribution in [0.1, 0.15) is 5.82 Å². The molecule has 0 radical (unpaired) electrons. The zero-order valence-corrected chi connectivity index (χ0v) is 16.4. The first-order valence-electron chi connectivity index (χ1n) is 8.02. The van der Waals surface area contributed by atoms with Gasteiger partial charge in [-0.1, -0.05) is 0 Å². The van der Waals surface area contributed by atoms with E-state index in [1.165, 1.54) is 6.07 Å². The molecule has 1 aliphatic heterocycles. The fourth-order valence-electron chi connectivity index (χ4n) is 2.57. The number of morpholine rings is 1. The van der Waals surface area contributed by atoms with Gasteiger partial charge in [0.1, 0.15) is 0 Å². The Bertz CT molecular complexity index is 1030. The molecular weight excluding hydrogens is 439 g/mol. The van der Waals surface area contributed by atoms with Crippen molar-refractivity contribution in [2.75, 3.05) is 26.3 Å². The average Bonchev–Trinajstić information content (AvgIpc) is 3.03. The van der Waals surface area contributed by atoms with Crippen LogP contribution in [-0.4, -0.2) is 58.7 Å². The highest BCUT2D eigenvalue weighted by atomic mass is 32.2. The highest BCUT2D eigenvalue weighted by Gasteiger charge is 2.38. The highest BCUT2D eigenvalue weighted by molar-refractivity contribution is 7.99. The summed E-state index contributed by atoms with van der Waals surface area (Å²) in [7, 11) is -2.90. The molecule has 0 amide bonds. The molecule has 158 valence electrons. The third-order valence-corrected chi connectivity index (χ3v) is 7.02. The predicted molar refractivity (Wildman–Crippen MR) is 92.8 cm³/mol. The minimum Gasteiger partial charge on any atom is -0.379 e. The minimum atomic E-state index is -4.73. The van der Waals surface area contributed by atoms with E-state index in [0.717, 1.165) is 23.5 Å². The maximum atomic E-state index is 12.8. The van der Waals surface area contributed by atoms with Gasteiger partial charge in [0.25, 0.3) is 5.69 Å². The summed E-state index contributed by atoms with van der Waals surface area (Å²) in [6.45, 7) is 0.656. The molecule has 0 N–H and O–H groups in total. The van der Waals surface area contributed by atoms with E-state index in [0.29, 0.717) is 16.3 Å². The largest absolute Gasteiger partial charge is 0.451 e. The molecule has 1 aromatic heterocycles. The Kier molecular flexibility index (Phi) is 5.84. The molecule has 0 atom stereocenters. The van der Waals surface area contributed by atoms with Gasteiger partial charge < -0.3 is 9.30 Å². The van der Waals surface area contributed by atoms with Crippen molar-refractivity contribution in [2.24, 2.45) is 7.05 Å². The molecular formula is C14H14F3N5O5S2. The third kappa shape index (κ3) is 4.36. The molecule has 29 heavy (non-hydrogen) atoms. The molecule has 0 aliphatic carbocycles. The Balaban J connectivity index is 1.95. The van der Waals surface area contributed by atoms with Crippen LogP contribution < -0.4 is 0 Å². The first-order chi connectivity index (χ1) is 13.5. The van der Waals surface area contributed by atoms with Crippen LogP contribution in [0.5, 0.6) is 0 Å². The summed E-state index contributed by atoms with van der Waals surface area (Å²) < 4.78 is 70.8. The fraction of sp³-hybridized carbons (Fsp3) is 0.429. The number of hydrogen-bond donors (Lipinski definition) is 0. The number of alkyl halides is 3. The van der Waals surface area contributed by atoms with Gasteiger partial charge in [-0.2, -0.15) is 17.5 Å². The number of nitrogens with zero attached hydrogens (tertiary/aromatic N) is 5. The number of nitro benzene ring substituents is 1. The van der Waals surface area contributed by atoms with Crippen molar-refractivity contribution in [1.82, 2.24) is 19.1 Å². The van der Waals surface area contributed by atoms with E-state index >= 15 is 0 Å². The van der Waals surface area contributed by atoms with Gasteiger partial charge in [-0.3, -0.25) is 10.1 Å². The Morgan fingerprint density at radius 3 is 2.45 bits per heavy atom. The number of rotatable bonds is 5. The molecule has 3 rings (SSSR count). The molecule has 0 spiro atoms. The van der Waals surface area contributed by atoms with Crippen molar-refractivity contribution in [3.05, 3.63) is 34.1 Å². The number of halogens is 3. The van der Waals surface area contributed by atoms with E-state index in [1.807, 2.05) is 0 Å². The number of hydrogen-bond acceptors (Lipinski definition) is 8. The summed E-state index contributed by atoms with van der Waals surface area (Å²) in [6.07, 6.45) is -4.73. The first-order valence-corrected chi connectivity index (χ1v) is 10.3. The van der Waals surface area contributed by atoms with E-state index in [4.69, 9.17) is 4.74 Å². The Labute approximate surface area is 166 Å². The monoisotopic (exact) mass is 453 g/mol. The minimum absolute atomic E-state index is 0.0693. The highest BCUT2D eigenvalue weighted by Crippen LogP contribution is 2.37.